The summed E-state index contributed by atoms with van der Waals surface area (Å²) in [7, 11) is 0. The molecular weight excluding hydrogens is 292 g/mol. The van der Waals surface area contributed by atoms with Crippen molar-refractivity contribution in [3.8, 4) is 0 Å². The van der Waals surface area contributed by atoms with Gasteiger partial charge in [0.25, 0.3) is 0 Å². The van der Waals surface area contributed by atoms with Gasteiger partial charge in [0, 0.05) is 37.7 Å². The van der Waals surface area contributed by atoms with Gasteiger partial charge in [-0.15, -0.1) is 0 Å². The molecule has 1 aliphatic heterocycles. The van der Waals surface area contributed by atoms with Gasteiger partial charge in [-0.2, -0.15) is 0 Å². The molecule has 0 saturated carbocycles. The van der Waals surface area contributed by atoms with Crippen molar-refractivity contribution >= 4 is 17.7 Å². The molecule has 0 aliphatic carbocycles. The van der Waals surface area contributed by atoms with Crippen LogP contribution in [0.25, 0.3) is 0 Å². The Hall–Kier alpha value is -1.30. The van der Waals surface area contributed by atoms with Gasteiger partial charge in [-0.05, 0) is 24.6 Å². The van der Waals surface area contributed by atoms with Crippen molar-refractivity contribution in [2.75, 3.05) is 39.3 Å². The summed E-state index contributed by atoms with van der Waals surface area (Å²) >= 11 is 5.93. The highest BCUT2D eigenvalue weighted by Crippen LogP contribution is 2.19. The number of hydrogen-bond acceptors (Lipinski definition) is 4. The second-order valence-electron chi connectivity index (χ2n) is 5.06. The van der Waals surface area contributed by atoms with Gasteiger partial charge in [0.05, 0.1) is 12.7 Å². The minimum Gasteiger partial charge on any atom is -0.450 e. The molecule has 2 rings (SSSR count). The van der Waals surface area contributed by atoms with Crippen LogP contribution in [0.15, 0.2) is 24.3 Å². The van der Waals surface area contributed by atoms with E-state index in [0.29, 0.717) is 31.3 Å². The van der Waals surface area contributed by atoms with E-state index in [1.54, 1.807) is 24.0 Å². The van der Waals surface area contributed by atoms with E-state index in [2.05, 4.69) is 4.90 Å². The van der Waals surface area contributed by atoms with Gasteiger partial charge in [-0.1, -0.05) is 23.7 Å². The minimum absolute atomic E-state index is 0.257. The van der Waals surface area contributed by atoms with E-state index >= 15 is 0 Å². The number of nitrogens with zero attached hydrogens (tertiary/aromatic N) is 2. The van der Waals surface area contributed by atoms with Crippen LogP contribution in [0.2, 0.25) is 5.02 Å². The summed E-state index contributed by atoms with van der Waals surface area (Å²) in [6.07, 6.45) is -0.828. The van der Waals surface area contributed by atoms with Crippen molar-refractivity contribution in [3.63, 3.8) is 0 Å². The van der Waals surface area contributed by atoms with Crippen LogP contribution in [0.1, 0.15) is 18.6 Å². The van der Waals surface area contributed by atoms with Gasteiger partial charge in [0.2, 0.25) is 0 Å². The molecule has 116 valence electrons. The zero-order valence-corrected chi connectivity index (χ0v) is 12.9. The highest BCUT2D eigenvalue weighted by atomic mass is 35.5. The summed E-state index contributed by atoms with van der Waals surface area (Å²) in [6.45, 7) is 5.45. The third-order valence-electron chi connectivity index (χ3n) is 3.56. The van der Waals surface area contributed by atoms with Crippen molar-refractivity contribution in [2.45, 2.75) is 13.0 Å². The lowest BCUT2D eigenvalue weighted by Gasteiger charge is -2.35. The quantitative estimate of drug-likeness (QED) is 0.925. The average molecular weight is 313 g/mol. The first-order chi connectivity index (χ1) is 10.1. The molecule has 1 aliphatic rings. The Labute approximate surface area is 130 Å². The number of carbonyl (C=O) groups is 1. The molecule has 0 spiro atoms. The van der Waals surface area contributed by atoms with Crippen LogP contribution in [0, 0.1) is 0 Å². The van der Waals surface area contributed by atoms with Gasteiger partial charge in [-0.3, -0.25) is 4.90 Å². The Morgan fingerprint density at radius 1 is 1.38 bits per heavy atom. The highest BCUT2D eigenvalue weighted by molar-refractivity contribution is 6.30. The van der Waals surface area contributed by atoms with Gasteiger partial charge in [-0.25, -0.2) is 4.79 Å². The topological polar surface area (TPSA) is 53.0 Å². The zero-order chi connectivity index (χ0) is 15.2. The fraction of sp³-hybridized carbons (Fsp3) is 0.533. The molecule has 6 heteroatoms. The molecule has 21 heavy (non-hydrogen) atoms. The maximum atomic E-state index is 11.6. The number of piperazine rings is 1. The van der Waals surface area contributed by atoms with Crippen LogP contribution < -0.4 is 0 Å². The number of aliphatic hydroxyl groups is 1. The molecule has 1 aromatic carbocycles. The number of aliphatic hydroxyl groups excluding tert-OH is 1. The summed E-state index contributed by atoms with van der Waals surface area (Å²) in [5.74, 6) is 0. The van der Waals surface area contributed by atoms with Gasteiger partial charge >= 0.3 is 6.09 Å². The number of hydrogen-bond donors (Lipinski definition) is 1. The monoisotopic (exact) mass is 312 g/mol. The summed E-state index contributed by atoms with van der Waals surface area (Å²) in [5, 5.41) is 10.9. The van der Waals surface area contributed by atoms with E-state index < -0.39 is 6.10 Å². The number of rotatable bonds is 4. The van der Waals surface area contributed by atoms with Crippen molar-refractivity contribution in [1.29, 1.82) is 0 Å². The number of amides is 1. The summed E-state index contributed by atoms with van der Waals surface area (Å²) in [6, 6.07) is 7.27. The summed E-state index contributed by atoms with van der Waals surface area (Å²) in [4.78, 5) is 15.4. The second kappa shape index (κ2) is 7.64. The maximum absolute atomic E-state index is 11.6. The molecule has 0 unspecified atom stereocenters. The molecule has 1 N–H and O–H groups in total. The Balaban J connectivity index is 1.82. The maximum Gasteiger partial charge on any atom is 0.409 e. The van der Waals surface area contributed by atoms with Gasteiger partial charge in [0.15, 0.2) is 0 Å². The normalized spacial score (nSPS) is 17.6. The van der Waals surface area contributed by atoms with E-state index in [4.69, 9.17) is 16.3 Å². The van der Waals surface area contributed by atoms with E-state index in [1.165, 1.54) is 0 Å². The Bertz CT molecular complexity index is 476. The molecule has 1 atom stereocenters. The van der Waals surface area contributed by atoms with Crippen LogP contribution in [0.4, 0.5) is 4.79 Å². The molecule has 0 aromatic heterocycles. The highest BCUT2D eigenvalue weighted by Gasteiger charge is 2.23. The Morgan fingerprint density at radius 3 is 2.71 bits per heavy atom. The smallest absolute Gasteiger partial charge is 0.409 e. The molecule has 1 amide bonds. The SMILES string of the molecule is CCOC(=O)N1CCN(C[C@@H](O)c2cccc(Cl)c2)CC1. The lowest BCUT2D eigenvalue weighted by Crippen LogP contribution is -2.49. The van der Waals surface area contributed by atoms with Crippen molar-refractivity contribution < 1.29 is 14.6 Å². The predicted octanol–water partition coefficient (Wildman–Crippen LogP) is 2.15. The number of ether oxygens (including phenoxy) is 1. The first-order valence-electron chi connectivity index (χ1n) is 7.17. The van der Waals surface area contributed by atoms with Gasteiger partial charge < -0.3 is 14.7 Å². The van der Waals surface area contributed by atoms with E-state index in [-0.39, 0.29) is 6.09 Å². The van der Waals surface area contributed by atoms with Gasteiger partial charge in [0.1, 0.15) is 0 Å². The van der Waals surface area contributed by atoms with Crippen molar-refractivity contribution in [2.24, 2.45) is 0 Å². The van der Waals surface area contributed by atoms with Crippen molar-refractivity contribution in [1.82, 2.24) is 9.80 Å². The lowest BCUT2D eigenvalue weighted by atomic mass is 10.1. The molecule has 0 radical (unpaired) electrons. The lowest BCUT2D eigenvalue weighted by molar-refractivity contribution is 0.0578. The summed E-state index contributed by atoms with van der Waals surface area (Å²) < 4.78 is 4.98. The van der Waals surface area contributed by atoms with Crippen molar-refractivity contribution in [3.05, 3.63) is 34.9 Å². The standard InChI is InChI=1S/C15H21ClN2O3/c1-2-21-15(20)18-8-6-17(7-9-18)11-14(19)12-4-3-5-13(16)10-12/h3-5,10,14,19H,2,6-9,11H2,1H3/t14-/m1/s1. The number of carbonyl (C=O) groups excluding carboxylic acids is 1. The summed E-state index contributed by atoms with van der Waals surface area (Å²) in [5.41, 5.74) is 0.815. The third-order valence-corrected chi connectivity index (χ3v) is 3.80. The van der Waals surface area contributed by atoms with Crippen LogP contribution in [0.5, 0.6) is 0 Å². The molecule has 0 bridgehead atoms. The fourth-order valence-corrected chi connectivity index (χ4v) is 2.59. The molecule has 1 saturated heterocycles. The van der Waals surface area contributed by atoms with Crippen LogP contribution in [-0.2, 0) is 4.74 Å². The zero-order valence-electron chi connectivity index (χ0n) is 12.2. The number of halogens is 1. The molecular formula is C15H21ClN2O3. The largest absolute Gasteiger partial charge is 0.450 e. The van der Waals surface area contributed by atoms with E-state index in [0.717, 1.165) is 18.7 Å². The first kappa shape index (κ1) is 16.1. The molecule has 5 nitrogen and oxygen atoms in total. The first-order valence-corrected chi connectivity index (χ1v) is 7.55. The second-order valence-corrected chi connectivity index (χ2v) is 5.49. The molecule has 1 heterocycles. The number of β-amino-alcohol motifs (C(OH)–C–C–N with tert-alkyl or cyclic N) is 1. The van der Waals surface area contributed by atoms with E-state index in [9.17, 15) is 9.90 Å². The Kier molecular flexibility index (Phi) is 5.85. The molecule has 1 fully saturated rings. The van der Waals surface area contributed by atoms with Crippen LogP contribution in [0.3, 0.4) is 0 Å². The van der Waals surface area contributed by atoms with Crippen LogP contribution in [-0.4, -0.2) is 60.3 Å². The number of benzene rings is 1. The minimum atomic E-state index is -0.571. The third kappa shape index (κ3) is 4.59. The average Bonchev–Trinajstić information content (AvgIpc) is 2.48. The fourth-order valence-electron chi connectivity index (χ4n) is 2.39. The molecule has 1 aromatic rings. The predicted molar refractivity (Wildman–Crippen MR) is 81.4 cm³/mol. The van der Waals surface area contributed by atoms with Crippen LogP contribution >= 0.6 is 11.6 Å². The Morgan fingerprint density at radius 2 is 2.10 bits per heavy atom. The van der Waals surface area contributed by atoms with E-state index in [1.807, 2.05) is 12.1 Å².